The second-order valence-corrected chi connectivity index (χ2v) is 15.1. The van der Waals surface area contributed by atoms with Crippen molar-refractivity contribution in [3.8, 4) is 39.5 Å². The summed E-state index contributed by atoms with van der Waals surface area (Å²) in [4.78, 5) is 11.1. The highest BCUT2D eigenvalue weighted by molar-refractivity contribution is 7.27. The van der Waals surface area contributed by atoms with Gasteiger partial charge in [0.05, 0.1) is 31.6 Å². The van der Waals surface area contributed by atoms with Gasteiger partial charge in [0.1, 0.15) is 0 Å². The number of rotatable bonds is 4. The lowest BCUT2D eigenvalue weighted by atomic mass is 9.95. The summed E-state index contributed by atoms with van der Waals surface area (Å²) in [6.07, 6.45) is 0. The van der Waals surface area contributed by atoms with Crippen molar-refractivity contribution in [2.45, 2.75) is 0 Å². The molecule has 0 radical (unpaired) electrons. The maximum Gasteiger partial charge on any atom is 0.235 e. The zero-order valence-corrected chi connectivity index (χ0v) is 28.9. The zero-order chi connectivity index (χ0) is 33.5. The molecule has 4 aromatic heterocycles. The lowest BCUT2D eigenvalue weighted by molar-refractivity contribution is 1.02. The summed E-state index contributed by atoms with van der Waals surface area (Å²) < 4.78 is 7.15. The molecule has 0 atom stereocenters. The smallest absolute Gasteiger partial charge is 0.235 e. The molecule has 0 aliphatic heterocycles. The molecule has 0 aliphatic rings. The van der Waals surface area contributed by atoms with Crippen molar-refractivity contribution in [2.24, 2.45) is 0 Å². The van der Waals surface area contributed by atoms with Gasteiger partial charge >= 0.3 is 0 Å². The fourth-order valence-electron chi connectivity index (χ4n) is 7.67. The molecule has 51 heavy (non-hydrogen) atoms. The van der Waals surface area contributed by atoms with E-state index in [1.165, 1.54) is 46.8 Å². The second-order valence-electron chi connectivity index (χ2n) is 13.0. The molecule has 0 aliphatic carbocycles. The average Bonchev–Trinajstić information content (AvgIpc) is 3.88. The quantitative estimate of drug-likeness (QED) is 0.185. The van der Waals surface area contributed by atoms with E-state index in [2.05, 4.69) is 168 Å². The molecule has 0 saturated heterocycles. The van der Waals surface area contributed by atoms with Crippen LogP contribution in [-0.2, 0) is 0 Å². The summed E-state index contributed by atoms with van der Waals surface area (Å²) in [6.45, 7) is 0. The molecule has 7 aromatic carbocycles. The van der Waals surface area contributed by atoms with E-state index in [9.17, 15) is 0 Å². The van der Waals surface area contributed by atoms with Gasteiger partial charge in [0.2, 0.25) is 5.95 Å². The van der Waals surface area contributed by atoms with Gasteiger partial charge in [-0.1, -0.05) is 127 Å². The molecule has 0 fully saturated rings. The Labute approximate surface area is 301 Å². The van der Waals surface area contributed by atoms with E-state index in [0.29, 0.717) is 5.95 Å². The minimum atomic E-state index is 0.684. The van der Waals surface area contributed by atoms with Gasteiger partial charge in [-0.05, 0) is 58.7 Å². The second kappa shape index (κ2) is 11.2. The average molecular weight is 686 g/mol. The van der Waals surface area contributed by atoms with Crippen molar-refractivity contribution >= 4 is 85.0 Å². The maximum atomic E-state index is 5.61. The van der Waals surface area contributed by atoms with Crippen molar-refractivity contribution in [3.63, 3.8) is 0 Å². The topological polar surface area (TPSA) is 30.7 Å². The molecule has 0 N–H and O–H groups in total. The molecule has 0 unspecified atom stereocenters. The molecular weight excluding hydrogens is 659 g/mol. The van der Waals surface area contributed by atoms with Crippen LogP contribution in [0.25, 0.3) is 102 Å². The summed E-state index contributed by atoms with van der Waals surface area (Å²) in [7, 11) is 0. The van der Waals surface area contributed by atoms with Gasteiger partial charge in [0, 0.05) is 41.9 Å². The Morgan fingerprint density at radius 2 is 0.941 bits per heavy atom. The largest absolute Gasteiger partial charge is 0.276 e. The first kappa shape index (κ1) is 28.7. The summed E-state index contributed by atoms with van der Waals surface area (Å²) in [6, 6.07) is 58.8. The number of fused-ring (bicyclic) bond motifs is 10. The molecule has 0 saturated carbocycles. The lowest BCUT2D eigenvalue weighted by Gasteiger charge is -2.13. The van der Waals surface area contributed by atoms with Gasteiger partial charge in [0.15, 0.2) is 0 Å². The van der Waals surface area contributed by atoms with Crippen LogP contribution in [0.15, 0.2) is 164 Å². The van der Waals surface area contributed by atoms with Crippen LogP contribution in [0.3, 0.4) is 0 Å². The SMILES string of the molecule is c1ccc(-c2cc(-c3ccccc3)cc(-c3nc(-n4c5ccccc5c5ccc6c7ccccc7sc6c54)nc4c3sc3ccccc34)c2)cc1. The Morgan fingerprint density at radius 3 is 1.67 bits per heavy atom. The molecule has 0 bridgehead atoms. The first-order valence-corrected chi connectivity index (χ1v) is 18.7. The predicted molar refractivity (Wildman–Crippen MR) is 218 cm³/mol. The van der Waals surface area contributed by atoms with Gasteiger partial charge in [-0.3, -0.25) is 4.57 Å². The highest BCUT2D eigenvalue weighted by Gasteiger charge is 2.23. The first-order valence-electron chi connectivity index (χ1n) is 17.1. The highest BCUT2D eigenvalue weighted by Crippen LogP contribution is 2.45. The maximum absolute atomic E-state index is 5.61. The van der Waals surface area contributed by atoms with Crippen LogP contribution in [0.5, 0.6) is 0 Å². The molecule has 0 amide bonds. The Bertz CT molecular complexity index is 3080. The Morgan fingerprint density at radius 1 is 0.392 bits per heavy atom. The van der Waals surface area contributed by atoms with E-state index in [1.807, 2.05) is 11.3 Å². The minimum absolute atomic E-state index is 0.684. The summed E-state index contributed by atoms with van der Waals surface area (Å²) in [5, 5.41) is 6.10. The van der Waals surface area contributed by atoms with Gasteiger partial charge in [0.25, 0.3) is 0 Å². The molecule has 11 aromatic rings. The number of para-hydroxylation sites is 1. The zero-order valence-electron chi connectivity index (χ0n) is 27.2. The van der Waals surface area contributed by atoms with Crippen molar-refractivity contribution < 1.29 is 0 Å². The third kappa shape index (κ3) is 4.42. The molecule has 3 nitrogen and oxygen atoms in total. The van der Waals surface area contributed by atoms with E-state index < -0.39 is 0 Å². The molecule has 5 heteroatoms. The summed E-state index contributed by atoms with van der Waals surface area (Å²) in [5.74, 6) is 0.684. The van der Waals surface area contributed by atoms with Crippen molar-refractivity contribution in [1.29, 1.82) is 0 Å². The molecule has 238 valence electrons. The predicted octanol–water partition coefficient (Wildman–Crippen LogP) is 13.3. The van der Waals surface area contributed by atoms with E-state index in [4.69, 9.17) is 9.97 Å². The van der Waals surface area contributed by atoms with E-state index >= 15 is 0 Å². The fraction of sp³-hybridized carbons (Fsp3) is 0. The monoisotopic (exact) mass is 685 g/mol. The minimum Gasteiger partial charge on any atom is -0.276 e. The van der Waals surface area contributed by atoms with Crippen molar-refractivity contribution in [2.75, 3.05) is 0 Å². The fourth-order valence-corrected chi connectivity index (χ4v) is 10.1. The first-order chi connectivity index (χ1) is 25.3. The van der Waals surface area contributed by atoms with Gasteiger partial charge in [-0.2, -0.15) is 0 Å². The van der Waals surface area contributed by atoms with E-state index in [-0.39, 0.29) is 0 Å². The van der Waals surface area contributed by atoms with Crippen LogP contribution in [0.2, 0.25) is 0 Å². The van der Waals surface area contributed by atoms with Gasteiger partial charge in [-0.15, -0.1) is 22.7 Å². The van der Waals surface area contributed by atoms with Crippen LogP contribution in [0.4, 0.5) is 0 Å². The number of aromatic nitrogens is 3. The molecule has 0 spiro atoms. The number of benzene rings is 7. The summed E-state index contributed by atoms with van der Waals surface area (Å²) in [5.41, 5.74) is 9.92. The number of hydrogen-bond acceptors (Lipinski definition) is 4. The molecule has 4 heterocycles. The third-order valence-electron chi connectivity index (χ3n) is 10.0. The van der Waals surface area contributed by atoms with Crippen molar-refractivity contribution in [1.82, 2.24) is 14.5 Å². The van der Waals surface area contributed by atoms with Crippen LogP contribution in [0.1, 0.15) is 0 Å². The summed E-state index contributed by atoms with van der Waals surface area (Å²) >= 11 is 3.62. The number of nitrogens with zero attached hydrogens (tertiary/aromatic N) is 3. The van der Waals surface area contributed by atoms with Crippen LogP contribution >= 0.6 is 22.7 Å². The van der Waals surface area contributed by atoms with Crippen LogP contribution in [-0.4, -0.2) is 14.5 Å². The number of hydrogen-bond donors (Lipinski definition) is 0. The number of thiophene rings is 2. The van der Waals surface area contributed by atoms with E-state index in [0.717, 1.165) is 49.0 Å². The molecule has 11 rings (SSSR count). The van der Waals surface area contributed by atoms with Gasteiger partial charge < -0.3 is 0 Å². The van der Waals surface area contributed by atoms with Crippen molar-refractivity contribution in [3.05, 3.63) is 164 Å². The third-order valence-corrected chi connectivity index (χ3v) is 12.4. The molecular formula is C46H27N3S2. The Hall–Kier alpha value is -6.14. The van der Waals surface area contributed by atoms with E-state index in [1.54, 1.807) is 11.3 Å². The Kier molecular flexibility index (Phi) is 6.29. The van der Waals surface area contributed by atoms with Crippen LogP contribution < -0.4 is 0 Å². The highest BCUT2D eigenvalue weighted by atomic mass is 32.1. The Balaban J connectivity index is 1.28. The lowest BCUT2D eigenvalue weighted by Crippen LogP contribution is -2.03. The normalized spacial score (nSPS) is 11.9. The van der Waals surface area contributed by atoms with Crippen LogP contribution in [0, 0.1) is 0 Å². The van der Waals surface area contributed by atoms with Gasteiger partial charge in [-0.25, -0.2) is 9.97 Å². The standard InChI is InChI=1S/C46H27N3S2/c1-3-13-28(14-4-1)30-25-31(29-15-5-2-6-16-29)27-32(26-30)41-45-42(37-19-9-12-22-40(37)51-45)48-46(47-41)49-38-20-10-7-17-33(38)35-23-24-36-34-18-8-11-21-39(34)50-44(36)43(35)49/h1-27H.